The van der Waals surface area contributed by atoms with Crippen molar-refractivity contribution in [3.8, 4) is 11.6 Å². The van der Waals surface area contributed by atoms with E-state index in [-0.39, 0.29) is 5.02 Å². The first-order valence-electron chi connectivity index (χ1n) is 6.86. The lowest BCUT2D eigenvalue weighted by Gasteiger charge is -2.13. The highest BCUT2D eigenvalue weighted by Gasteiger charge is 2.13. The minimum absolute atomic E-state index is 0.0622. The van der Waals surface area contributed by atoms with Crippen molar-refractivity contribution in [1.82, 2.24) is 9.97 Å². The Balaban J connectivity index is 2.33. The standard InChI is InChI=1S/C15H17ClFN3O/c1-3-5-11-14(18-4-2)19-9-20-15(11)21-10-6-7-12(16)13(17)8-10/h6-9H,3-5H2,1-2H3,(H,18,19,20). The lowest BCUT2D eigenvalue weighted by molar-refractivity contribution is 0.450. The fraction of sp³-hybridized carbons (Fsp3) is 0.333. The molecular formula is C15H17ClFN3O. The first-order chi connectivity index (χ1) is 10.2. The highest BCUT2D eigenvalue weighted by molar-refractivity contribution is 6.30. The predicted octanol–water partition coefficient (Wildman–Crippen LogP) is 4.45. The van der Waals surface area contributed by atoms with Crippen LogP contribution in [-0.4, -0.2) is 16.5 Å². The summed E-state index contributed by atoms with van der Waals surface area (Å²) in [6, 6.07) is 4.31. The van der Waals surface area contributed by atoms with Crippen LogP contribution in [0.15, 0.2) is 24.5 Å². The van der Waals surface area contributed by atoms with Gasteiger partial charge in [-0.1, -0.05) is 24.9 Å². The van der Waals surface area contributed by atoms with Gasteiger partial charge in [-0.25, -0.2) is 14.4 Å². The molecule has 0 radical (unpaired) electrons. The zero-order valence-corrected chi connectivity index (χ0v) is 12.7. The van der Waals surface area contributed by atoms with Gasteiger partial charge in [-0.2, -0.15) is 0 Å². The molecule has 0 aliphatic rings. The van der Waals surface area contributed by atoms with Gasteiger partial charge in [-0.3, -0.25) is 0 Å². The lowest BCUT2D eigenvalue weighted by atomic mass is 10.1. The normalized spacial score (nSPS) is 10.5. The molecule has 6 heteroatoms. The van der Waals surface area contributed by atoms with Crippen LogP contribution in [0.25, 0.3) is 0 Å². The van der Waals surface area contributed by atoms with Crippen molar-refractivity contribution in [2.45, 2.75) is 26.7 Å². The Morgan fingerprint density at radius 1 is 1.29 bits per heavy atom. The number of benzene rings is 1. The van der Waals surface area contributed by atoms with Gasteiger partial charge in [0, 0.05) is 12.6 Å². The third-order valence-corrected chi connectivity index (χ3v) is 3.16. The molecule has 2 aromatic rings. The molecule has 1 aromatic heterocycles. The van der Waals surface area contributed by atoms with Crippen molar-refractivity contribution in [2.24, 2.45) is 0 Å². The number of rotatable bonds is 6. The van der Waals surface area contributed by atoms with E-state index in [1.54, 1.807) is 6.07 Å². The summed E-state index contributed by atoms with van der Waals surface area (Å²) in [6.07, 6.45) is 3.13. The first-order valence-corrected chi connectivity index (χ1v) is 7.24. The summed E-state index contributed by atoms with van der Waals surface area (Å²) in [5.74, 6) is 1.02. The summed E-state index contributed by atoms with van der Waals surface area (Å²) >= 11 is 5.66. The average molecular weight is 310 g/mol. The van der Waals surface area contributed by atoms with E-state index >= 15 is 0 Å². The maximum Gasteiger partial charge on any atom is 0.227 e. The van der Waals surface area contributed by atoms with Crippen LogP contribution >= 0.6 is 11.6 Å². The average Bonchev–Trinajstić information content (AvgIpc) is 2.46. The number of nitrogens with one attached hydrogen (secondary N) is 1. The smallest absolute Gasteiger partial charge is 0.227 e. The molecular weight excluding hydrogens is 293 g/mol. The van der Waals surface area contributed by atoms with Crippen LogP contribution in [0.1, 0.15) is 25.8 Å². The maximum absolute atomic E-state index is 13.5. The molecule has 0 bridgehead atoms. The number of halogens is 2. The van der Waals surface area contributed by atoms with Crippen molar-refractivity contribution in [1.29, 1.82) is 0 Å². The molecule has 112 valence electrons. The van der Waals surface area contributed by atoms with Crippen LogP contribution in [-0.2, 0) is 6.42 Å². The molecule has 0 atom stereocenters. The summed E-state index contributed by atoms with van der Waals surface area (Å²) in [5, 5.41) is 3.24. The van der Waals surface area contributed by atoms with Crippen molar-refractivity contribution in [2.75, 3.05) is 11.9 Å². The molecule has 0 spiro atoms. The topological polar surface area (TPSA) is 47.0 Å². The number of nitrogens with zero attached hydrogens (tertiary/aromatic N) is 2. The third kappa shape index (κ3) is 3.82. The van der Waals surface area contributed by atoms with E-state index in [1.165, 1.54) is 18.5 Å². The van der Waals surface area contributed by atoms with Gasteiger partial charge in [0.1, 0.15) is 23.7 Å². The Kier molecular flexibility index (Phi) is 5.33. The fourth-order valence-corrected chi connectivity index (χ4v) is 2.05. The van der Waals surface area contributed by atoms with Crippen LogP contribution in [0.3, 0.4) is 0 Å². The Morgan fingerprint density at radius 3 is 2.76 bits per heavy atom. The molecule has 0 saturated heterocycles. The van der Waals surface area contributed by atoms with Gasteiger partial charge in [0.2, 0.25) is 5.88 Å². The second-order valence-corrected chi connectivity index (χ2v) is 4.87. The van der Waals surface area contributed by atoms with Crippen LogP contribution in [0.4, 0.5) is 10.2 Å². The third-order valence-electron chi connectivity index (χ3n) is 2.86. The van der Waals surface area contributed by atoms with Crippen LogP contribution in [0.5, 0.6) is 11.6 Å². The second-order valence-electron chi connectivity index (χ2n) is 4.46. The van der Waals surface area contributed by atoms with Crippen molar-refractivity contribution >= 4 is 17.4 Å². The van der Waals surface area contributed by atoms with Crippen molar-refractivity contribution in [3.05, 3.63) is 40.9 Å². The summed E-state index contributed by atoms with van der Waals surface area (Å²) in [4.78, 5) is 8.38. The number of aromatic nitrogens is 2. The van der Waals surface area contributed by atoms with Crippen molar-refractivity contribution < 1.29 is 9.13 Å². The molecule has 0 aliphatic carbocycles. The van der Waals surface area contributed by atoms with E-state index < -0.39 is 5.82 Å². The van der Waals surface area contributed by atoms with Gasteiger partial charge in [-0.15, -0.1) is 0 Å². The summed E-state index contributed by atoms with van der Waals surface area (Å²) in [6.45, 7) is 4.81. The number of ether oxygens (including phenoxy) is 1. The van der Waals surface area contributed by atoms with Gasteiger partial charge < -0.3 is 10.1 Å². The molecule has 0 fully saturated rings. The quantitative estimate of drug-likeness (QED) is 0.856. The molecule has 0 saturated carbocycles. The predicted molar refractivity (Wildman–Crippen MR) is 81.7 cm³/mol. The zero-order chi connectivity index (χ0) is 15.2. The van der Waals surface area contributed by atoms with Crippen LogP contribution in [0.2, 0.25) is 5.02 Å². The minimum Gasteiger partial charge on any atom is -0.438 e. The van der Waals surface area contributed by atoms with Gasteiger partial charge in [0.15, 0.2) is 0 Å². The monoisotopic (exact) mass is 309 g/mol. The highest BCUT2D eigenvalue weighted by Crippen LogP contribution is 2.29. The second kappa shape index (κ2) is 7.22. The molecule has 1 N–H and O–H groups in total. The van der Waals surface area contributed by atoms with E-state index in [0.29, 0.717) is 11.6 Å². The van der Waals surface area contributed by atoms with Crippen LogP contribution < -0.4 is 10.1 Å². The molecule has 0 aliphatic heterocycles. The molecule has 2 rings (SSSR count). The van der Waals surface area contributed by atoms with Crippen LogP contribution in [0, 0.1) is 5.82 Å². The Bertz CT molecular complexity index is 622. The van der Waals surface area contributed by atoms with Gasteiger partial charge in [-0.05, 0) is 25.5 Å². The lowest BCUT2D eigenvalue weighted by Crippen LogP contribution is -2.06. The van der Waals surface area contributed by atoms with E-state index in [1.807, 2.05) is 6.92 Å². The zero-order valence-electron chi connectivity index (χ0n) is 12.0. The van der Waals surface area contributed by atoms with E-state index in [9.17, 15) is 4.39 Å². The van der Waals surface area contributed by atoms with E-state index in [4.69, 9.17) is 16.3 Å². The Morgan fingerprint density at radius 2 is 2.10 bits per heavy atom. The van der Waals surface area contributed by atoms with Gasteiger partial charge in [0.05, 0.1) is 10.6 Å². The summed E-state index contributed by atoms with van der Waals surface area (Å²) < 4.78 is 19.2. The molecule has 21 heavy (non-hydrogen) atoms. The van der Waals surface area contributed by atoms with Crippen molar-refractivity contribution in [3.63, 3.8) is 0 Å². The first kappa shape index (κ1) is 15.5. The number of anilines is 1. The number of hydrogen-bond acceptors (Lipinski definition) is 4. The van der Waals surface area contributed by atoms with E-state index in [0.717, 1.165) is 30.8 Å². The Hall–Kier alpha value is -1.88. The molecule has 0 unspecified atom stereocenters. The van der Waals surface area contributed by atoms with E-state index in [2.05, 4.69) is 22.2 Å². The summed E-state index contributed by atoms with van der Waals surface area (Å²) in [7, 11) is 0. The van der Waals surface area contributed by atoms with Gasteiger partial charge in [0.25, 0.3) is 0 Å². The minimum atomic E-state index is -0.521. The largest absolute Gasteiger partial charge is 0.438 e. The highest BCUT2D eigenvalue weighted by atomic mass is 35.5. The molecule has 0 amide bonds. The summed E-state index contributed by atoms with van der Waals surface area (Å²) in [5.41, 5.74) is 0.886. The molecule has 1 heterocycles. The number of hydrogen-bond donors (Lipinski definition) is 1. The fourth-order valence-electron chi connectivity index (χ4n) is 1.93. The maximum atomic E-state index is 13.5. The van der Waals surface area contributed by atoms with Gasteiger partial charge >= 0.3 is 0 Å². The molecule has 4 nitrogen and oxygen atoms in total. The molecule has 1 aromatic carbocycles. The SMILES string of the molecule is CCCc1c(NCC)ncnc1Oc1ccc(Cl)c(F)c1. The Labute approximate surface area is 128 Å².